The van der Waals surface area contributed by atoms with Crippen LogP contribution in [0.4, 0.5) is 0 Å². The lowest BCUT2D eigenvalue weighted by atomic mass is 9.93. The minimum atomic E-state index is 0.0803. The molecule has 0 radical (unpaired) electrons. The van der Waals surface area contributed by atoms with Gasteiger partial charge in [0, 0.05) is 12.2 Å². The number of rotatable bonds is 2. The Kier molecular flexibility index (Phi) is 2.73. The fraction of sp³-hybridized carbons (Fsp3) is 0.462. The van der Waals surface area contributed by atoms with E-state index in [2.05, 4.69) is 4.98 Å². The molecule has 2 aromatic rings. The van der Waals surface area contributed by atoms with Crippen molar-refractivity contribution >= 4 is 11.0 Å². The number of pyridine rings is 1. The smallest absolute Gasteiger partial charge is 0.224 e. The van der Waals surface area contributed by atoms with Crippen LogP contribution in [0.5, 0.6) is 5.88 Å². The highest BCUT2D eigenvalue weighted by molar-refractivity contribution is 5.81. The standard InChI is InChI=1S/C13H16N2O2/c14-10-3-1-2-4-12(10)17-13-9-6-8-16-11(9)5-7-15-13/h5-8,10,12H,1-4,14H2. The SMILES string of the molecule is NC1CCCCC1Oc1nccc2occc12. The van der Waals surface area contributed by atoms with Gasteiger partial charge in [0.2, 0.25) is 5.88 Å². The molecule has 1 aliphatic carbocycles. The number of nitrogens with zero attached hydrogens (tertiary/aromatic N) is 1. The van der Waals surface area contributed by atoms with E-state index < -0.39 is 0 Å². The molecule has 2 unspecified atom stereocenters. The van der Waals surface area contributed by atoms with Crippen molar-refractivity contribution in [2.75, 3.05) is 0 Å². The second-order valence-electron chi connectivity index (χ2n) is 4.55. The van der Waals surface area contributed by atoms with Crippen molar-refractivity contribution in [2.24, 2.45) is 5.73 Å². The molecule has 17 heavy (non-hydrogen) atoms. The lowest BCUT2D eigenvalue weighted by molar-refractivity contribution is 0.129. The summed E-state index contributed by atoms with van der Waals surface area (Å²) in [6.45, 7) is 0. The van der Waals surface area contributed by atoms with Gasteiger partial charge in [-0.3, -0.25) is 0 Å². The molecule has 1 fully saturated rings. The molecular formula is C13H16N2O2. The number of ether oxygens (including phenoxy) is 1. The summed E-state index contributed by atoms with van der Waals surface area (Å²) in [4.78, 5) is 4.27. The summed E-state index contributed by atoms with van der Waals surface area (Å²) in [6, 6.07) is 3.84. The second-order valence-corrected chi connectivity index (χ2v) is 4.55. The van der Waals surface area contributed by atoms with Gasteiger partial charge < -0.3 is 14.9 Å². The molecule has 2 atom stereocenters. The van der Waals surface area contributed by atoms with Crippen molar-refractivity contribution in [2.45, 2.75) is 37.8 Å². The first-order chi connectivity index (χ1) is 8.34. The average Bonchev–Trinajstić information content (AvgIpc) is 2.81. The number of hydrogen-bond acceptors (Lipinski definition) is 4. The number of nitrogens with two attached hydrogens (primary N) is 1. The van der Waals surface area contributed by atoms with Gasteiger partial charge in [0.25, 0.3) is 0 Å². The van der Waals surface area contributed by atoms with E-state index in [-0.39, 0.29) is 12.1 Å². The second kappa shape index (κ2) is 4.37. The molecule has 1 saturated carbocycles. The molecule has 2 heterocycles. The topological polar surface area (TPSA) is 61.3 Å². The van der Waals surface area contributed by atoms with Crippen LogP contribution in [0.2, 0.25) is 0 Å². The van der Waals surface area contributed by atoms with Crippen LogP contribution in [0.3, 0.4) is 0 Å². The van der Waals surface area contributed by atoms with Gasteiger partial charge >= 0.3 is 0 Å². The first kappa shape index (κ1) is 10.6. The van der Waals surface area contributed by atoms with Crippen molar-refractivity contribution in [1.29, 1.82) is 0 Å². The highest BCUT2D eigenvalue weighted by Crippen LogP contribution is 2.27. The van der Waals surface area contributed by atoms with E-state index in [1.54, 1.807) is 12.5 Å². The van der Waals surface area contributed by atoms with Gasteiger partial charge in [-0.25, -0.2) is 4.98 Å². The maximum absolute atomic E-state index is 6.07. The monoisotopic (exact) mass is 232 g/mol. The van der Waals surface area contributed by atoms with Crippen LogP contribution in [0, 0.1) is 0 Å². The summed E-state index contributed by atoms with van der Waals surface area (Å²) in [5.74, 6) is 0.638. The van der Waals surface area contributed by atoms with Gasteiger partial charge in [-0.1, -0.05) is 6.42 Å². The zero-order valence-corrected chi connectivity index (χ0v) is 9.63. The van der Waals surface area contributed by atoms with Gasteiger partial charge in [-0.2, -0.15) is 0 Å². The Morgan fingerprint density at radius 3 is 3.06 bits per heavy atom. The van der Waals surface area contributed by atoms with E-state index in [1.165, 1.54) is 12.8 Å². The summed E-state index contributed by atoms with van der Waals surface area (Å²) in [5, 5.41) is 0.922. The van der Waals surface area contributed by atoms with Crippen LogP contribution < -0.4 is 10.5 Å². The van der Waals surface area contributed by atoms with Gasteiger partial charge in [0.15, 0.2) is 0 Å². The maximum Gasteiger partial charge on any atom is 0.224 e. The summed E-state index contributed by atoms with van der Waals surface area (Å²) in [6.07, 6.45) is 7.86. The lowest BCUT2D eigenvalue weighted by Crippen LogP contribution is -2.41. The Hall–Kier alpha value is -1.55. The Bertz CT molecular complexity index is 509. The molecule has 0 bridgehead atoms. The first-order valence-corrected chi connectivity index (χ1v) is 6.09. The Morgan fingerprint density at radius 1 is 1.29 bits per heavy atom. The van der Waals surface area contributed by atoms with Crippen molar-refractivity contribution in [1.82, 2.24) is 4.98 Å². The van der Waals surface area contributed by atoms with E-state index in [0.29, 0.717) is 5.88 Å². The van der Waals surface area contributed by atoms with Crippen LogP contribution in [0.15, 0.2) is 29.0 Å². The fourth-order valence-electron chi connectivity index (χ4n) is 2.38. The Morgan fingerprint density at radius 2 is 2.18 bits per heavy atom. The predicted molar refractivity (Wildman–Crippen MR) is 64.9 cm³/mol. The third-order valence-electron chi connectivity index (χ3n) is 3.36. The number of hydrogen-bond donors (Lipinski definition) is 1. The average molecular weight is 232 g/mol. The van der Waals surface area contributed by atoms with E-state index in [0.717, 1.165) is 23.8 Å². The number of furan rings is 1. The molecular weight excluding hydrogens is 216 g/mol. The zero-order chi connectivity index (χ0) is 11.7. The van der Waals surface area contributed by atoms with Crippen molar-refractivity contribution in [3.63, 3.8) is 0 Å². The predicted octanol–water partition coefficient (Wildman–Crippen LogP) is 2.48. The molecule has 0 amide bonds. The van der Waals surface area contributed by atoms with Crippen LogP contribution >= 0.6 is 0 Å². The Labute approximate surface area is 99.8 Å². The Balaban J connectivity index is 1.86. The highest BCUT2D eigenvalue weighted by Gasteiger charge is 2.24. The van der Waals surface area contributed by atoms with E-state index in [4.69, 9.17) is 14.9 Å². The minimum Gasteiger partial charge on any atom is -0.472 e. The maximum atomic E-state index is 6.07. The van der Waals surface area contributed by atoms with Gasteiger partial charge in [0.1, 0.15) is 11.7 Å². The van der Waals surface area contributed by atoms with E-state index in [9.17, 15) is 0 Å². The van der Waals surface area contributed by atoms with Crippen molar-refractivity contribution in [3.05, 3.63) is 24.6 Å². The van der Waals surface area contributed by atoms with Crippen LogP contribution in [-0.4, -0.2) is 17.1 Å². The third-order valence-corrected chi connectivity index (χ3v) is 3.36. The first-order valence-electron chi connectivity index (χ1n) is 6.09. The largest absolute Gasteiger partial charge is 0.472 e. The third kappa shape index (κ3) is 2.00. The molecule has 2 N–H and O–H groups in total. The molecule has 2 aromatic heterocycles. The number of aromatic nitrogens is 1. The summed E-state index contributed by atoms with van der Waals surface area (Å²) < 4.78 is 11.3. The summed E-state index contributed by atoms with van der Waals surface area (Å²) in [7, 11) is 0. The molecule has 0 aromatic carbocycles. The molecule has 0 aliphatic heterocycles. The fourth-order valence-corrected chi connectivity index (χ4v) is 2.38. The van der Waals surface area contributed by atoms with Gasteiger partial charge in [-0.05, 0) is 31.4 Å². The molecule has 1 aliphatic rings. The molecule has 4 heteroatoms. The van der Waals surface area contributed by atoms with E-state index >= 15 is 0 Å². The zero-order valence-electron chi connectivity index (χ0n) is 9.63. The van der Waals surface area contributed by atoms with Crippen molar-refractivity contribution < 1.29 is 9.15 Å². The van der Waals surface area contributed by atoms with Gasteiger partial charge in [-0.15, -0.1) is 0 Å². The van der Waals surface area contributed by atoms with Crippen LogP contribution in [-0.2, 0) is 0 Å². The van der Waals surface area contributed by atoms with E-state index in [1.807, 2.05) is 12.1 Å². The van der Waals surface area contributed by atoms with Crippen molar-refractivity contribution in [3.8, 4) is 5.88 Å². The molecule has 90 valence electrons. The minimum absolute atomic E-state index is 0.0803. The quantitative estimate of drug-likeness (QED) is 0.864. The van der Waals surface area contributed by atoms with Gasteiger partial charge in [0.05, 0.1) is 11.6 Å². The van der Waals surface area contributed by atoms with Crippen LogP contribution in [0.25, 0.3) is 11.0 Å². The molecule has 3 rings (SSSR count). The van der Waals surface area contributed by atoms with Crippen LogP contribution in [0.1, 0.15) is 25.7 Å². The summed E-state index contributed by atoms with van der Waals surface area (Å²) in [5.41, 5.74) is 6.87. The normalized spacial score (nSPS) is 25.0. The highest BCUT2D eigenvalue weighted by atomic mass is 16.5. The molecule has 0 spiro atoms. The molecule has 4 nitrogen and oxygen atoms in total. The number of fused-ring (bicyclic) bond motifs is 1. The molecule has 0 saturated heterocycles. The lowest BCUT2D eigenvalue weighted by Gasteiger charge is -2.28. The summed E-state index contributed by atoms with van der Waals surface area (Å²) >= 11 is 0.